The van der Waals surface area contributed by atoms with Crippen molar-refractivity contribution in [3.63, 3.8) is 0 Å². The van der Waals surface area contributed by atoms with E-state index in [0.717, 1.165) is 5.56 Å². The fourth-order valence-electron chi connectivity index (χ4n) is 2.63. The molecule has 0 bridgehead atoms. The van der Waals surface area contributed by atoms with Crippen LogP contribution in [-0.4, -0.2) is 36.3 Å². The number of benzene rings is 1. The molecular formula is C16H20ClFN2O2. The number of halogens is 2. The van der Waals surface area contributed by atoms with Crippen LogP contribution in [0, 0.1) is 11.7 Å². The third-order valence-electron chi connectivity index (χ3n) is 4.01. The van der Waals surface area contributed by atoms with Crippen LogP contribution >= 0.6 is 11.6 Å². The lowest BCUT2D eigenvalue weighted by molar-refractivity contribution is -0.133. The van der Waals surface area contributed by atoms with Gasteiger partial charge in [-0.1, -0.05) is 17.7 Å². The molecule has 6 heteroatoms. The number of hydrogen-bond acceptors (Lipinski definition) is 2. The fourth-order valence-corrected chi connectivity index (χ4v) is 2.83. The van der Waals surface area contributed by atoms with Gasteiger partial charge in [-0.05, 0) is 37.0 Å². The van der Waals surface area contributed by atoms with Crippen LogP contribution in [0.4, 0.5) is 4.39 Å². The van der Waals surface area contributed by atoms with E-state index in [-0.39, 0.29) is 22.8 Å². The second-order valence-electron chi connectivity index (χ2n) is 5.57. The van der Waals surface area contributed by atoms with E-state index >= 15 is 0 Å². The number of amides is 2. The molecular weight excluding hydrogens is 307 g/mol. The lowest BCUT2D eigenvalue weighted by atomic mass is 9.96. The third-order valence-corrected chi connectivity index (χ3v) is 4.30. The van der Waals surface area contributed by atoms with E-state index in [9.17, 15) is 14.0 Å². The minimum atomic E-state index is -0.438. The smallest absolute Gasteiger partial charge is 0.223 e. The number of piperidine rings is 1. The number of rotatable bonds is 4. The maximum Gasteiger partial charge on any atom is 0.223 e. The van der Waals surface area contributed by atoms with Crippen LogP contribution in [0.15, 0.2) is 18.2 Å². The van der Waals surface area contributed by atoms with Gasteiger partial charge < -0.3 is 10.2 Å². The van der Waals surface area contributed by atoms with Gasteiger partial charge in [-0.2, -0.15) is 0 Å². The van der Waals surface area contributed by atoms with E-state index in [0.29, 0.717) is 38.9 Å². The first kappa shape index (κ1) is 16.7. The third kappa shape index (κ3) is 4.44. The van der Waals surface area contributed by atoms with Crippen molar-refractivity contribution < 1.29 is 14.0 Å². The Labute approximate surface area is 134 Å². The molecule has 1 aromatic carbocycles. The van der Waals surface area contributed by atoms with Gasteiger partial charge in [0.25, 0.3) is 0 Å². The zero-order valence-electron chi connectivity index (χ0n) is 12.6. The zero-order chi connectivity index (χ0) is 16.1. The Kier molecular flexibility index (Phi) is 5.77. The van der Waals surface area contributed by atoms with Crippen LogP contribution in [-0.2, 0) is 16.0 Å². The van der Waals surface area contributed by atoms with Crippen molar-refractivity contribution in [2.24, 2.45) is 5.92 Å². The molecule has 1 heterocycles. The second kappa shape index (κ2) is 7.58. The summed E-state index contributed by atoms with van der Waals surface area (Å²) >= 11 is 5.72. The van der Waals surface area contributed by atoms with Gasteiger partial charge in [-0.25, -0.2) is 4.39 Å². The number of nitrogens with one attached hydrogen (secondary N) is 1. The highest BCUT2D eigenvalue weighted by atomic mass is 35.5. The van der Waals surface area contributed by atoms with Gasteiger partial charge in [0.15, 0.2) is 0 Å². The zero-order valence-corrected chi connectivity index (χ0v) is 13.3. The Balaban J connectivity index is 1.74. The molecule has 0 spiro atoms. The Morgan fingerprint density at radius 1 is 1.36 bits per heavy atom. The van der Waals surface area contributed by atoms with Crippen molar-refractivity contribution in [3.05, 3.63) is 34.6 Å². The Morgan fingerprint density at radius 3 is 2.64 bits per heavy atom. The molecule has 0 aliphatic carbocycles. The van der Waals surface area contributed by atoms with Crippen molar-refractivity contribution in [2.75, 3.05) is 19.6 Å². The summed E-state index contributed by atoms with van der Waals surface area (Å²) < 4.78 is 13.1. The first-order valence-corrected chi connectivity index (χ1v) is 7.82. The first-order valence-electron chi connectivity index (χ1n) is 7.44. The summed E-state index contributed by atoms with van der Waals surface area (Å²) in [5, 5.41) is 3.00. The molecule has 0 saturated carbocycles. The van der Waals surface area contributed by atoms with Crippen molar-refractivity contribution in [1.29, 1.82) is 0 Å². The Hall–Kier alpha value is -1.62. The first-order chi connectivity index (χ1) is 10.5. The summed E-state index contributed by atoms with van der Waals surface area (Å²) in [7, 11) is 0. The topological polar surface area (TPSA) is 49.4 Å². The molecule has 0 radical (unpaired) electrons. The Bertz CT molecular complexity index is 557. The average molecular weight is 327 g/mol. The minimum Gasteiger partial charge on any atom is -0.356 e. The van der Waals surface area contributed by atoms with Crippen molar-refractivity contribution >= 4 is 23.4 Å². The number of carbonyl (C=O) groups excluding carboxylic acids is 2. The van der Waals surface area contributed by atoms with Gasteiger partial charge in [-0.15, -0.1) is 0 Å². The molecule has 2 amide bonds. The fraction of sp³-hybridized carbons (Fsp3) is 0.500. The maximum absolute atomic E-state index is 13.1. The molecule has 2 rings (SSSR count). The minimum absolute atomic E-state index is 0.0245. The van der Waals surface area contributed by atoms with Gasteiger partial charge in [0.2, 0.25) is 11.8 Å². The highest BCUT2D eigenvalue weighted by Gasteiger charge is 2.25. The van der Waals surface area contributed by atoms with Gasteiger partial charge >= 0.3 is 0 Å². The van der Waals surface area contributed by atoms with E-state index in [1.165, 1.54) is 6.07 Å². The van der Waals surface area contributed by atoms with Crippen molar-refractivity contribution in [1.82, 2.24) is 10.2 Å². The number of likely N-dealkylation sites (tertiary alicyclic amines) is 1. The predicted octanol–water partition coefficient (Wildman–Crippen LogP) is 2.40. The van der Waals surface area contributed by atoms with E-state index in [4.69, 9.17) is 11.6 Å². The molecule has 1 aromatic rings. The SMILES string of the molecule is CC(=O)N1CCC(C(=O)NCCc2ccc(F)c(Cl)c2)CC1. The largest absolute Gasteiger partial charge is 0.356 e. The molecule has 0 aromatic heterocycles. The van der Waals surface area contributed by atoms with E-state index < -0.39 is 5.82 Å². The average Bonchev–Trinajstić information content (AvgIpc) is 2.51. The molecule has 1 aliphatic rings. The lowest BCUT2D eigenvalue weighted by Gasteiger charge is -2.30. The number of carbonyl (C=O) groups is 2. The van der Waals surface area contributed by atoms with Gasteiger partial charge in [0.1, 0.15) is 5.82 Å². The molecule has 4 nitrogen and oxygen atoms in total. The second-order valence-corrected chi connectivity index (χ2v) is 5.98. The van der Waals surface area contributed by atoms with Crippen LogP contribution < -0.4 is 5.32 Å². The summed E-state index contributed by atoms with van der Waals surface area (Å²) in [6.07, 6.45) is 2.01. The van der Waals surface area contributed by atoms with E-state index in [2.05, 4.69) is 5.32 Å². The molecule has 1 N–H and O–H groups in total. The number of nitrogens with zero attached hydrogens (tertiary/aromatic N) is 1. The van der Waals surface area contributed by atoms with Crippen LogP contribution in [0.25, 0.3) is 0 Å². The quantitative estimate of drug-likeness (QED) is 0.923. The summed E-state index contributed by atoms with van der Waals surface area (Å²) in [5.41, 5.74) is 0.887. The summed E-state index contributed by atoms with van der Waals surface area (Å²) in [6, 6.07) is 4.57. The van der Waals surface area contributed by atoms with Gasteiger partial charge in [0.05, 0.1) is 5.02 Å². The van der Waals surface area contributed by atoms with Gasteiger partial charge in [-0.3, -0.25) is 9.59 Å². The van der Waals surface area contributed by atoms with Crippen LogP contribution in [0.5, 0.6) is 0 Å². The molecule has 0 unspecified atom stereocenters. The maximum atomic E-state index is 13.1. The molecule has 22 heavy (non-hydrogen) atoms. The number of hydrogen-bond donors (Lipinski definition) is 1. The van der Waals surface area contributed by atoms with Gasteiger partial charge in [0, 0.05) is 32.5 Å². The summed E-state index contributed by atoms with van der Waals surface area (Å²) in [4.78, 5) is 25.1. The monoisotopic (exact) mass is 326 g/mol. The molecule has 1 saturated heterocycles. The summed E-state index contributed by atoms with van der Waals surface area (Å²) in [5.74, 6) is -0.387. The molecule has 1 fully saturated rings. The van der Waals surface area contributed by atoms with Crippen molar-refractivity contribution in [3.8, 4) is 0 Å². The normalized spacial score (nSPS) is 15.7. The Morgan fingerprint density at radius 2 is 2.05 bits per heavy atom. The van der Waals surface area contributed by atoms with Crippen LogP contribution in [0.1, 0.15) is 25.3 Å². The standard InChI is InChI=1S/C16H20ClFN2O2/c1-11(21)20-8-5-13(6-9-20)16(22)19-7-4-12-2-3-15(18)14(17)10-12/h2-3,10,13H,4-9H2,1H3,(H,19,22). The molecule has 1 aliphatic heterocycles. The van der Waals surface area contributed by atoms with E-state index in [1.807, 2.05) is 0 Å². The highest BCUT2D eigenvalue weighted by Crippen LogP contribution is 2.18. The van der Waals surface area contributed by atoms with E-state index in [1.54, 1.807) is 24.0 Å². The molecule has 120 valence electrons. The van der Waals surface area contributed by atoms with Crippen molar-refractivity contribution in [2.45, 2.75) is 26.2 Å². The lowest BCUT2D eigenvalue weighted by Crippen LogP contribution is -2.42. The highest BCUT2D eigenvalue weighted by molar-refractivity contribution is 6.30. The van der Waals surface area contributed by atoms with Crippen LogP contribution in [0.2, 0.25) is 5.02 Å². The van der Waals surface area contributed by atoms with Crippen LogP contribution in [0.3, 0.4) is 0 Å². The predicted molar refractivity (Wildman–Crippen MR) is 83.1 cm³/mol. The summed E-state index contributed by atoms with van der Waals surface area (Å²) in [6.45, 7) is 3.32. The molecule has 0 atom stereocenters.